The first-order chi connectivity index (χ1) is 19.7. The molecular weight excluding hydrogens is 579 g/mol. The Morgan fingerprint density at radius 2 is 0.700 bits per heavy atom. The molecule has 0 aliphatic rings. The van der Waals surface area contributed by atoms with Crippen molar-refractivity contribution in [3.05, 3.63) is 158 Å². The van der Waals surface area contributed by atoms with Gasteiger partial charge >= 0.3 is 35.6 Å². The molecule has 0 spiro atoms. The Morgan fingerprint density at radius 3 is 0.975 bits per heavy atom. The summed E-state index contributed by atoms with van der Waals surface area (Å²) in [6, 6.07) is 55.1. The molecule has 0 atom stereocenters. The van der Waals surface area contributed by atoms with Gasteiger partial charge in [0.1, 0.15) is 0 Å². The van der Waals surface area contributed by atoms with Crippen LogP contribution in [0.1, 0.15) is 0 Å². The molecule has 40 heavy (non-hydrogen) atoms. The normalized spacial score (nSPS) is 9.60. The minimum absolute atomic E-state index is 0.556. The molecule has 6 aromatic rings. The summed E-state index contributed by atoms with van der Waals surface area (Å²) < 4.78 is 0. The van der Waals surface area contributed by atoms with E-state index in [0.29, 0.717) is 0 Å². The molecule has 6 aromatic carbocycles. The Morgan fingerprint density at radius 1 is 0.450 bits per heavy atom. The third-order valence-corrected chi connectivity index (χ3v) is 5.94. The van der Waals surface area contributed by atoms with E-state index in [-0.39, 0.29) is 0 Å². The van der Waals surface area contributed by atoms with Crippen LogP contribution in [0.2, 0.25) is 13.1 Å². The van der Waals surface area contributed by atoms with Gasteiger partial charge in [0.2, 0.25) is 0 Å². The van der Waals surface area contributed by atoms with Crippen LogP contribution < -0.4 is 0 Å². The van der Waals surface area contributed by atoms with Gasteiger partial charge in [0.25, 0.3) is 0 Å². The van der Waals surface area contributed by atoms with Crippen LogP contribution in [0.3, 0.4) is 0 Å². The van der Waals surface area contributed by atoms with Gasteiger partial charge in [-0.3, -0.25) is 0 Å². The molecule has 4 heteroatoms. The van der Waals surface area contributed by atoms with Crippen molar-refractivity contribution in [3.8, 4) is 44.5 Å². The second kappa shape index (κ2) is 18.4. The van der Waals surface area contributed by atoms with Crippen LogP contribution in [0.4, 0.5) is 0 Å². The van der Waals surface area contributed by atoms with Gasteiger partial charge in [-0.25, -0.2) is 0 Å². The summed E-state index contributed by atoms with van der Waals surface area (Å²) in [6.07, 6.45) is 0. The fourth-order valence-electron chi connectivity index (χ4n) is 4.13. The zero-order valence-corrected chi connectivity index (χ0v) is 27.1. The van der Waals surface area contributed by atoms with Gasteiger partial charge < -0.3 is 0 Å². The van der Waals surface area contributed by atoms with E-state index < -0.39 is 17.0 Å². The monoisotopic (exact) mass is 611 g/mol. The molecular formula is C36H33Cl2SiTi-2. The Kier molecular flexibility index (Phi) is 14.6. The summed E-state index contributed by atoms with van der Waals surface area (Å²) in [5.41, 5.74) is 10.2. The van der Waals surface area contributed by atoms with Crippen LogP contribution in [-0.4, -0.2) is 9.52 Å². The minimum atomic E-state index is -0.556. The molecule has 0 unspecified atom stereocenters. The molecule has 0 aliphatic carbocycles. The van der Waals surface area contributed by atoms with E-state index in [2.05, 4.69) is 147 Å². The Balaban J connectivity index is 0.000000185. The summed E-state index contributed by atoms with van der Waals surface area (Å²) >= 11 is -0.556. The molecule has 0 heterocycles. The predicted molar refractivity (Wildman–Crippen MR) is 176 cm³/mol. The number of hydrogen-bond donors (Lipinski definition) is 0. The SMILES string of the molecule is C[SiH]C.[Cl][Ti][Cl].c1ccc(-c2c[cH-]c(-c3ccccc3)c2)cc1.c1ccc(-c2c[cH-]c(-c3ccccc3)c2)cc1. The number of hydrogen-bond acceptors (Lipinski definition) is 0. The summed E-state index contributed by atoms with van der Waals surface area (Å²) in [5, 5.41) is 0. The average Bonchev–Trinajstić information content (AvgIpc) is 3.72. The third-order valence-electron chi connectivity index (χ3n) is 5.94. The van der Waals surface area contributed by atoms with Crippen molar-refractivity contribution in [1.82, 2.24) is 0 Å². The smallest absolute Gasteiger partial charge is 0.0623 e. The Hall–Kier alpha value is -2.91. The van der Waals surface area contributed by atoms with Gasteiger partial charge in [-0.15, -0.1) is 57.6 Å². The molecule has 0 saturated heterocycles. The third kappa shape index (κ3) is 10.2. The summed E-state index contributed by atoms with van der Waals surface area (Å²) in [4.78, 5) is 0. The van der Waals surface area contributed by atoms with Crippen LogP contribution in [0.15, 0.2) is 158 Å². The van der Waals surface area contributed by atoms with E-state index in [1.165, 1.54) is 44.5 Å². The maximum atomic E-state index is 4.89. The number of benzene rings is 4. The second-order valence-corrected chi connectivity index (χ2v) is 12.6. The number of rotatable bonds is 4. The molecule has 0 amide bonds. The molecule has 0 aliphatic heterocycles. The minimum Gasteiger partial charge on any atom is -0.169 e. The first kappa shape index (κ1) is 31.6. The largest absolute Gasteiger partial charge is 0.169 e. The molecule has 1 radical (unpaired) electrons. The summed E-state index contributed by atoms with van der Waals surface area (Å²) in [5.74, 6) is 0. The number of halogens is 2. The van der Waals surface area contributed by atoms with Gasteiger partial charge in [-0.05, 0) is 0 Å². The molecule has 0 fully saturated rings. The molecule has 0 aromatic heterocycles. The van der Waals surface area contributed by atoms with E-state index in [9.17, 15) is 0 Å². The van der Waals surface area contributed by atoms with E-state index in [1.807, 2.05) is 24.3 Å². The van der Waals surface area contributed by atoms with E-state index in [4.69, 9.17) is 18.6 Å². The summed E-state index contributed by atoms with van der Waals surface area (Å²) in [7, 11) is 10.5. The maximum absolute atomic E-state index is 4.89. The fourth-order valence-corrected chi connectivity index (χ4v) is 4.13. The zero-order valence-electron chi connectivity index (χ0n) is 22.8. The Bertz CT molecular complexity index is 1240. The van der Waals surface area contributed by atoms with Crippen LogP contribution in [-0.2, 0) is 17.0 Å². The molecule has 0 nitrogen and oxygen atoms in total. The van der Waals surface area contributed by atoms with E-state index >= 15 is 0 Å². The zero-order chi connectivity index (χ0) is 28.4. The van der Waals surface area contributed by atoms with Crippen molar-refractivity contribution in [2.24, 2.45) is 0 Å². The van der Waals surface area contributed by atoms with Gasteiger partial charge in [0.05, 0.1) is 0 Å². The van der Waals surface area contributed by atoms with E-state index in [0.717, 1.165) is 9.52 Å². The van der Waals surface area contributed by atoms with Crippen LogP contribution in [0, 0.1) is 0 Å². The van der Waals surface area contributed by atoms with Crippen molar-refractivity contribution < 1.29 is 17.0 Å². The average molecular weight is 613 g/mol. The van der Waals surface area contributed by atoms with Crippen LogP contribution >= 0.6 is 18.6 Å². The summed E-state index contributed by atoms with van der Waals surface area (Å²) in [6.45, 7) is 4.42. The molecule has 0 saturated carbocycles. The first-order valence-corrected chi connectivity index (χ1v) is 19.8. The molecule has 0 N–H and O–H groups in total. The van der Waals surface area contributed by atoms with Crippen molar-refractivity contribution in [3.63, 3.8) is 0 Å². The van der Waals surface area contributed by atoms with Gasteiger partial charge in [0.15, 0.2) is 0 Å². The Labute approximate surface area is 258 Å². The standard InChI is InChI=1S/2C17H13.C2H7Si.2ClH.Ti/c2*1-3-7-14(8-4-1)16-11-12-17(13-16)15-9-5-2-6-10-15;1-3-2;;;/h2*1-13H;3H,1-2H3;2*1H;/q2*-1;;;;+2/p-2. The molecule has 6 rings (SSSR count). The van der Waals surface area contributed by atoms with Gasteiger partial charge in [0, 0.05) is 9.52 Å². The molecule has 201 valence electrons. The van der Waals surface area contributed by atoms with Gasteiger partial charge in [-0.2, -0.15) is 12.1 Å². The van der Waals surface area contributed by atoms with Crippen LogP contribution in [0.25, 0.3) is 44.5 Å². The van der Waals surface area contributed by atoms with Crippen molar-refractivity contribution >= 4 is 28.1 Å². The van der Waals surface area contributed by atoms with Gasteiger partial charge in [-0.1, -0.05) is 146 Å². The first-order valence-electron chi connectivity index (χ1n) is 13.2. The fraction of sp³-hybridized carbons (Fsp3) is 0.0556. The van der Waals surface area contributed by atoms with Crippen molar-refractivity contribution in [2.75, 3.05) is 0 Å². The topological polar surface area (TPSA) is 0 Å². The van der Waals surface area contributed by atoms with Crippen molar-refractivity contribution in [1.29, 1.82) is 0 Å². The van der Waals surface area contributed by atoms with Crippen molar-refractivity contribution in [2.45, 2.75) is 13.1 Å². The predicted octanol–water partition coefficient (Wildman–Crippen LogP) is 11.4. The maximum Gasteiger partial charge on any atom is -0.0623 e. The second-order valence-electron chi connectivity index (χ2n) is 8.89. The molecule has 0 bridgehead atoms. The quantitative estimate of drug-likeness (QED) is 0.137. The van der Waals surface area contributed by atoms with Crippen LogP contribution in [0.5, 0.6) is 0 Å². The van der Waals surface area contributed by atoms with E-state index in [1.54, 1.807) is 0 Å².